The van der Waals surface area contributed by atoms with E-state index in [1.807, 2.05) is 13.0 Å². The molecule has 1 aromatic carbocycles. The van der Waals surface area contributed by atoms with Gasteiger partial charge in [-0.05, 0) is 49.7 Å². The zero-order valence-corrected chi connectivity index (χ0v) is 20.9. The summed E-state index contributed by atoms with van der Waals surface area (Å²) in [7, 11) is 0. The maximum atomic E-state index is 13.2. The number of aryl methyl sites for hydroxylation is 1. The van der Waals surface area contributed by atoms with Gasteiger partial charge in [0.15, 0.2) is 11.3 Å². The first-order valence-corrected chi connectivity index (χ1v) is 12.1. The summed E-state index contributed by atoms with van der Waals surface area (Å²) in [4.78, 5) is 43.9. The van der Waals surface area contributed by atoms with Gasteiger partial charge in [0.05, 0.1) is 29.3 Å². The van der Waals surface area contributed by atoms with Gasteiger partial charge in [-0.15, -0.1) is 0 Å². The lowest BCUT2D eigenvalue weighted by Crippen LogP contribution is -2.30. The fourth-order valence-electron chi connectivity index (χ4n) is 4.30. The molecule has 3 aromatic rings. The number of carbonyl (C=O) groups excluding carboxylic acids is 2. The van der Waals surface area contributed by atoms with Crippen LogP contribution in [0.1, 0.15) is 43.4 Å². The van der Waals surface area contributed by atoms with Gasteiger partial charge in [-0.1, -0.05) is 6.07 Å². The van der Waals surface area contributed by atoms with Crippen molar-refractivity contribution in [3.8, 4) is 11.5 Å². The van der Waals surface area contributed by atoms with Gasteiger partial charge in [-0.2, -0.15) is 0 Å². The number of carbonyl (C=O) groups is 2. The molecular weight excluding hydrogens is 488 g/mol. The highest BCUT2D eigenvalue weighted by Crippen LogP contribution is 2.34. The average molecular weight is 515 g/mol. The Morgan fingerprint density at radius 1 is 0.921 bits per heavy atom. The second kappa shape index (κ2) is 10.3. The molecule has 194 valence electrons. The molecule has 1 aliphatic carbocycles. The standard InChI is InChI=1S/C28H26N4O6/c1-15-7-8-19(27(34)30-11-9-17-5-3-13-36-17)22-25(15)38-26-16(2)24(33)21(29)20(23(26)32-22)28(35)31-12-10-18-6-4-14-37-18/h3-8,13-14H,9-12,29H2,1-2H3,(H,30,34)(H,31,35). The van der Waals surface area contributed by atoms with Crippen molar-refractivity contribution < 1.29 is 22.8 Å². The van der Waals surface area contributed by atoms with Crippen molar-refractivity contribution in [3.05, 3.63) is 92.9 Å². The number of anilines is 1. The largest absolute Gasteiger partial charge is 0.469 e. The third-order valence-corrected chi connectivity index (χ3v) is 6.35. The van der Waals surface area contributed by atoms with Crippen LogP contribution in [0.2, 0.25) is 0 Å². The van der Waals surface area contributed by atoms with E-state index in [4.69, 9.17) is 19.0 Å². The van der Waals surface area contributed by atoms with E-state index in [-0.39, 0.29) is 51.8 Å². The van der Waals surface area contributed by atoms with Gasteiger partial charge in [0.2, 0.25) is 5.43 Å². The monoisotopic (exact) mass is 514 g/mol. The molecule has 2 aromatic heterocycles. The minimum Gasteiger partial charge on any atom is -0.469 e. The molecule has 1 aliphatic heterocycles. The van der Waals surface area contributed by atoms with Crippen LogP contribution in [0.15, 0.2) is 67.0 Å². The molecular formula is C28H26N4O6. The predicted molar refractivity (Wildman–Crippen MR) is 140 cm³/mol. The Balaban J connectivity index is 1.54. The van der Waals surface area contributed by atoms with Gasteiger partial charge in [-0.3, -0.25) is 14.4 Å². The van der Waals surface area contributed by atoms with Crippen molar-refractivity contribution in [1.29, 1.82) is 0 Å². The van der Waals surface area contributed by atoms with Gasteiger partial charge in [0.25, 0.3) is 11.8 Å². The number of aromatic nitrogens is 1. The SMILES string of the molecule is Cc1c2oc3c(C)ccc(C(=O)NCCc4ccco4)c3nc-2c(C(=O)NCCc2ccco2)c(N)c1=O. The Labute approximate surface area is 217 Å². The zero-order valence-electron chi connectivity index (χ0n) is 20.9. The number of hydrogen-bond donors (Lipinski definition) is 3. The Kier molecular flexibility index (Phi) is 6.69. The number of benzene rings is 2. The number of nitrogens with zero attached hydrogens (tertiary/aromatic N) is 1. The summed E-state index contributed by atoms with van der Waals surface area (Å²) in [5, 5.41) is 5.63. The van der Waals surface area contributed by atoms with Gasteiger partial charge in [0.1, 0.15) is 22.7 Å². The third-order valence-electron chi connectivity index (χ3n) is 6.35. The van der Waals surface area contributed by atoms with Crippen molar-refractivity contribution in [3.63, 3.8) is 0 Å². The van der Waals surface area contributed by atoms with Crippen molar-refractivity contribution in [2.24, 2.45) is 0 Å². The molecule has 0 radical (unpaired) electrons. The molecule has 2 aliphatic rings. The molecule has 0 bridgehead atoms. The number of rotatable bonds is 8. The zero-order chi connectivity index (χ0) is 26.8. The van der Waals surface area contributed by atoms with Crippen molar-refractivity contribution in [1.82, 2.24) is 15.6 Å². The normalized spacial score (nSPS) is 11.2. The number of nitrogens with one attached hydrogen (secondary N) is 2. The summed E-state index contributed by atoms with van der Waals surface area (Å²) in [6.07, 6.45) is 4.10. The van der Waals surface area contributed by atoms with Gasteiger partial charge >= 0.3 is 0 Å². The van der Waals surface area contributed by atoms with E-state index in [1.54, 1.807) is 49.8 Å². The highest BCUT2D eigenvalue weighted by atomic mass is 16.3. The quantitative estimate of drug-likeness (QED) is 0.210. The van der Waals surface area contributed by atoms with Crippen molar-refractivity contribution in [2.45, 2.75) is 26.7 Å². The molecule has 0 fully saturated rings. The minimum atomic E-state index is -0.574. The second-order valence-electron chi connectivity index (χ2n) is 8.91. The second-order valence-corrected chi connectivity index (χ2v) is 8.91. The summed E-state index contributed by atoms with van der Waals surface area (Å²) in [5.74, 6) is 0.661. The van der Waals surface area contributed by atoms with E-state index < -0.39 is 11.3 Å². The average Bonchev–Trinajstić information content (AvgIpc) is 3.62. The first-order valence-electron chi connectivity index (χ1n) is 12.1. The van der Waals surface area contributed by atoms with Crippen LogP contribution in [0.5, 0.6) is 0 Å². The maximum Gasteiger partial charge on any atom is 0.255 e. The lowest BCUT2D eigenvalue weighted by atomic mass is 9.99. The van der Waals surface area contributed by atoms with E-state index in [0.29, 0.717) is 30.7 Å². The highest BCUT2D eigenvalue weighted by Gasteiger charge is 2.29. The Morgan fingerprint density at radius 3 is 2.16 bits per heavy atom. The fourth-order valence-corrected chi connectivity index (χ4v) is 4.30. The minimum absolute atomic E-state index is 0.0913. The maximum absolute atomic E-state index is 13.2. The van der Waals surface area contributed by atoms with Crippen LogP contribution in [0.3, 0.4) is 0 Å². The highest BCUT2D eigenvalue weighted by molar-refractivity contribution is 6.08. The molecule has 0 saturated heterocycles. The summed E-state index contributed by atoms with van der Waals surface area (Å²) in [6.45, 7) is 3.98. The molecule has 10 nitrogen and oxygen atoms in total. The molecule has 38 heavy (non-hydrogen) atoms. The van der Waals surface area contributed by atoms with Crippen LogP contribution in [-0.4, -0.2) is 29.9 Å². The molecule has 2 amide bonds. The van der Waals surface area contributed by atoms with Crippen LogP contribution in [0.4, 0.5) is 5.69 Å². The molecule has 0 spiro atoms. The van der Waals surface area contributed by atoms with Crippen LogP contribution in [0, 0.1) is 13.8 Å². The molecule has 3 heterocycles. The molecule has 4 N–H and O–H groups in total. The Morgan fingerprint density at radius 2 is 1.55 bits per heavy atom. The van der Waals surface area contributed by atoms with Crippen LogP contribution >= 0.6 is 0 Å². The number of nitrogens with two attached hydrogens (primary N) is 1. The van der Waals surface area contributed by atoms with Crippen LogP contribution in [-0.2, 0) is 12.8 Å². The Hall–Kier alpha value is -4.86. The van der Waals surface area contributed by atoms with E-state index >= 15 is 0 Å². The van der Waals surface area contributed by atoms with Crippen molar-refractivity contribution in [2.75, 3.05) is 18.8 Å². The number of hydrogen-bond acceptors (Lipinski definition) is 8. The van der Waals surface area contributed by atoms with Crippen LogP contribution in [0.25, 0.3) is 22.6 Å². The molecule has 0 unspecified atom stereocenters. The lowest BCUT2D eigenvalue weighted by molar-refractivity contribution is 0.0947. The topological polar surface area (TPSA) is 154 Å². The van der Waals surface area contributed by atoms with Crippen LogP contribution < -0.4 is 21.8 Å². The van der Waals surface area contributed by atoms with Gasteiger partial charge in [0, 0.05) is 31.5 Å². The van der Waals surface area contributed by atoms with E-state index in [0.717, 1.165) is 11.3 Å². The number of fused-ring (bicyclic) bond motifs is 2. The number of nitrogen functional groups attached to an aromatic ring is 1. The fraction of sp³-hybridized carbons (Fsp3) is 0.214. The Bertz CT molecular complexity index is 1650. The van der Waals surface area contributed by atoms with E-state index in [2.05, 4.69) is 15.6 Å². The summed E-state index contributed by atoms with van der Waals surface area (Å²) in [6, 6.07) is 10.6. The first kappa shape index (κ1) is 24.8. The molecule has 5 rings (SSSR count). The smallest absolute Gasteiger partial charge is 0.255 e. The van der Waals surface area contributed by atoms with Crippen molar-refractivity contribution >= 4 is 28.6 Å². The number of amides is 2. The number of furan rings is 2. The molecule has 0 saturated carbocycles. The summed E-state index contributed by atoms with van der Waals surface area (Å²) >= 11 is 0. The predicted octanol–water partition coefficient (Wildman–Crippen LogP) is 3.62. The molecule has 0 atom stereocenters. The summed E-state index contributed by atoms with van der Waals surface area (Å²) < 4.78 is 16.8. The van der Waals surface area contributed by atoms with Gasteiger partial charge < -0.3 is 29.6 Å². The lowest BCUT2D eigenvalue weighted by Gasteiger charge is -2.17. The third kappa shape index (κ3) is 4.63. The first-order chi connectivity index (χ1) is 18.3. The van der Waals surface area contributed by atoms with E-state index in [9.17, 15) is 14.4 Å². The van der Waals surface area contributed by atoms with Gasteiger partial charge in [-0.25, -0.2) is 4.98 Å². The summed E-state index contributed by atoms with van der Waals surface area (Å²) in [5.41, 5.74) is 7.23. The molecule has 10 heteroatoms. The van der Waals surface area contributed by atoms with E-state index in [1.165, 1.54) is 0 Å².